The molecule has 0 aromatic carbocycles. The molecular weight excluding hydrogens is 288 g/mol. The summed E-state index contributed by atoms with van der Waals surface area (Å²) in [6, 6.07) is 1.77. The third-order valence-corrected chi connectivity index (χ3v) is 3.16. The molecule has 1 aromatic heterocycles. The van der Waals surface area contributed by atoms with E-state index in [4.69, 9.17) is 0 Å². The number of aromatic nitrogens is 1. The predicted octanol–water partition coefficient (Wildman–Crippen LogP) is 2.72. The minimum Gasteiger partial charge on any atom is -0.352 e. The number of hydrogen-bond donors (Lipinski definition) is 1. The summed E-state index contributed by atoms with van der Waals surface area (Å²) in [5.74, 6) is 1.09. The lowest BCUT2D eigenvalue weighted by Crippen LogP contribution is -2.24. The van der Waals surface area contributed by atoms with E-state index in [1.54, 1.807) is 18.5 Å². The SMILES string of the molecule is CSCCCCNC(=O)c1cncc(Br)c1. The fraction of sp³-hybridized carbons (Fsp3) is 0.455. The zero-order valence-corrected chi connectivity index (χ0v) is 11.6. The zero-order valence-electron chi connectivity index (χ0n) is 9.20. The van der Waals surface area contributed by atoms with Crippen molar-refractivity contribution in [3.8, 4) is 0 Å². The van der Waals surface area contributed by atoms with Gasteiger partial charge in [0.1, 0.15) is 0 Å². The van der Waals surface area contributed by atoms with E-state index in [2.05, 4.69) is 32.5 Å². The molecule has 5 heteroatoms. The Kier molecular flexibility index (Phi) is 6.49. The van der Waals surface area contributed by atoms with Gasteiger partial charge in [0.25, 0.3) is 5.91 Å². The molecule has 1 heterocycles. The molecule has 1 N–H and O–H groups in total. The highest BCUT2D eigenvalue weighted by Gasteiger charge is 2.04. The summed E-state index contributed by atoms with van der Waals surface area (Å²) < 4.78 is 0.822. The normalized spacial score (nSPS) is 10.1. The number of halogens is 1. The zero-order chi connectivity index (χ0) is 11.8. The van der Waals surface area contributed by atoms with Crippen LogP contribution in [0, 0.1) is 0 Å². The molecule has 0 spiro atoms. The average molecular weight is 303 g/mol. The van der Waals surface area contributed by atoms with Crippen LogP contribution < -0.4 is 5.32 Å². The molecule has 16 heavy (non-hydrogen) atoms. The molecule has 0 bridgehead atoms. The number of carbonyl (C=O) groups is 1. The maximum atomic E-state index is 11.7. The van der Waals surface area contributed by atoms with Crippen molar-refractivity contribution in [1.29, 1.82) is 0 Å². The van der Waals surface area contributed by atoms with Crippen LogP contribution in [0.1, 0.15) is 23.2 Å². The van der Waals surface area contributed by atoms with Gasteiger partial charge in [-0.25, -0.2) is 0 Å². The molecule has 0 aliphatic rings. The second kappa shape index (κ2) is 7.68. The number of hydrogen-bond acceptors (Lipinski definition) is 3. The highest BCUT2D eigenvalue weighted by Crippen LogP contribution is 2.09. The van der Waals surface area contributed by atoms with Gasteiger partial charge in [-0.1, -0.05) is 0 Å². The average Bonchev–Trinajstić information content (AvgIpc) is 2.28. The van der Waals surface area contributed by atoms with E-state index in [1.165, 1.54) is 0 Å². The number of nitrogens with zero attached hydrogens (tertiary/aromatic N) is 1. The number of amides is 1. The van der Waals surface area contributed by atoms with Crippen molar-refractivity contribution in [2.45, 2.75) is 12.8 Å². The maximum absolute atomic E-state index is 11.7. The predicted molar refractivity (Wildman–Crippen MR) is 71.9 cm³/mol. The lowest BCUT2D eigenvalue weighted by atomic mass is 10.2. The van der Waals surface area contributed by atoms with Crippen molar-refractivity contribution in [1.82, 2.24) is 10.3 Å². The summed E-state index contributed by atoms with van der Waals surface area (Å²) in [5, 5.41) is 2.88. The van der Waals surface area contributed by atoms with Crippen molar-refractivity contribution in [3.05, 3.63) is 28.5 Å². The van der Waals surface area contributed by atoms with E-state index in [0.29, 0.717) is 5.56 Å². The van der Waals surface area contributed by atoms with Crippen LogP contribution in [-0.2, 0) is 0 Å². The van der Waals surface area contributed by atoms with Gasteiger partial charge in [-0.15, -0.1) is 0 Å². The summed E-state index contributed by atoms with van der Waals surface area (Å²) in [7, 11) is 0. The Morgan fingerprint density at radius 3 is 3.00 bits per heavy atom. The number of rotatable bonds is 6. The molecule has 0 saturated heterocycles. The third-order valence-electron chi connectivity index (χ3n) is 2.03. The van der Waals surface area contributed by atoms with Gasteiger partial charge in [-0.05, 0) is 46.8 Å². The first kappa shape index (κ1) is 13.5. The quantitative estimate of drug-likeness (QED) is 0.822. The fourth-order valence-corrected chi connectivity index (χ4v) is 2.07. The second-order valence-electron chi connectivity index (χ2n) is 3.35. The molecule has 0 aliphatic carbocycles. The van der Waals surface area contributed by atoms with Gasteiger partial charge in [0.2, 0.25) is 0 Å². The van der Waals surface area contributed by atoms with Gasteiger partial charge in [-0.2, -0.15) is 11.8 Å². The molecule has 0 saturated carbocycles. The minimum absolute atomic E-state index is 0.0575. The second-order valence-corrected chi connectivity index (χ2v) is 5.25. The molecule has 88 valence electrons. The van der Waals surface area contributed by atoms with Gasteiger partial charge in [0.05, 0.1) is 5.56 Å². The number of unbranched alkanes of at least 4 members (excludes halogenated alkanes) is 1. The van der Waals surface area contributed by atoms with Gasteiger partial charge >= 0.3 is 0 Å². The molecule has 0 aliphatic heterocycles. The monoisotopic (exact) mass is 302 g/mol. The Balaban J connectivity index is 2.30. The third kappa shape index (κ3) is 4.99. The van der Waals surface area contributed by atoms with Gasteiger partial charge < -0.3 is 5.32 Å². The van der Waals surface area contributed by atoms with Crippen molar-refractivity contribution >= 4 is 33.6 Å². The lowest BCUT2D eigenvalue weighted by molar-refractivity contribution is 0.0953. The van der Waals surface area contributed by atoms with Gasteiger partial charge in [-0.3, -0.25) is 9.78 Å². The molecule has 3 nitrogen and oxygen atoms in total. The summed E-state index contributed by atoms with van der Waals surface area (Å²) in [6.07, 6.45) is 7.48. The molecule has 1 aromatic rings. The van der Waals surface area contributed by atoms with E-state index >= 15 is 0 Å². The van der Waals surface area contributed by atoms with Gasteiger partial charge in [0, 0.05) is 23.4 Å². The van der Waals surface area contributed by atoms with E-state index in [1.807, 2.05) is 11.8 Å². The van der Waals surface area contributed by atoms with E-state index in [-0.39, 0.29) is 5.91 Å². The summed E-state index contributed by atoms with van der Waals surface area (Å²) in [4.78, 5) is 15.6. The minimum atomic E-state index is -0.0575. The van der Waals surface area contributed by atoms with Crippen LogP contribution in [0.4, 0.5) is 0 Å². The van der Waals surface area contributed by atoms with Crippen molar-refractivity contribution < 1.29 is 4.79 Å². The molecule has 1 rings (SSSR count). The fourth-order valence-electron chi connectivity index (χ4n) is 1.21. The van der Waals surface area contributed by atoms with Crippen LogP contribution in [0.3, 0.4) is 0 Å². The summed E-state index contributed by atoms with van der Waals surface area (Å²) >= 11 is 5.12. The molecule has 0 fully saturated rings. The van der Waals surface area contributed by atoms with Crippen molar-refractivity contribution in [2.24, 2.45) is 0 Å². The largest absolute Gasteiger partial charge is 0.352 e. The number of nitrogens with one attached hydrogen (secondary N) is 1. The van der Waals surface area contributed by atoms with Crippen LogP contribution in [0.2, 0.25) is 0 Å². The van der Waals surface area contributed by atoms with Crippen LogP contribution in [0.25, 0.3) is 0 Å². The smallest absolute Gasteiger partial charge is 0.252 e. The Morgan fingerprint density at radius 2 is 2.31 bits per heavy atom. The lowest BCUT2D eigenvalue weighted by Gasteiger charge is -2.04. The Morgan fingerprint density at radius 1 is 1.50 bits per heavy atom. The summed E-state index contributed by atoms with van der Waals surface area (Å²) in [5.41, 5.74) is 0.597. The molecule has 0 atom stereocenters. The van der Waals surface area contributed by atoms with E-state index in [9.17, 15) is 4.79 Å². The van der Waals surface area contributed by atoms with Gasteiger partial charge in [0.15, 0.2) is 0 Å². The van der Waals surface area contributed by atoms with E-state index in [0.717, 1.165) is 29.6 Å². The first-order chi connectivity index (χ1) is 7.74. The van der Waals surface area contributed by atoms with Crippen molar-refractivity contribution in [2.75, 3.05) is 18.6 Å². The summed E-state index contributed by atoms with van der Waals surface area (Å²) in [6.45, 7) is 0.728. The highest BCUT2D eigenvalue weighted by atomic mass is 79.9. The van der Waals surface area contributed by atoms with Crippen molar-refractivity contribution in [3.63, 3.8) is 0 Å². The number of thioether (sulfide) groups is 1. The topological polar surface area (TPSA) is 42.0 Å². The number of carbonyl (C=O) groups excluding carboxylic acids is 1. The standard InChI is InChI=1S/C11H15BrN2OS/c1-16-5-3-2-4-14-11(15)9-6-10(12)8-13-7-9/h6-8H,2-5H2,1H3,(H,14,15). The Hall–Kier alpha value is -0.550. The van der Waals surface area contributed by atoms with E-state index < -0.39 is 0 Å². The first-order valence-electron chi connectivity index (χ1n) is 5.11. The van der Waals surface area contributed by atoms with Crippen LogP contribution in [-0.4, -0.2) is 29.4 Å². The highest BCUT2D eigenvalue weighted by molar-refractivity contribution is 9.10. The van der Waals surface area contributed by atoms with Crippen LogP contribution >= 0.6 is 27.7 Å². The first-order valence-corrected chi connectivity index (χ1v) is 7.30. The van der Waals surface area contributed by atoms with Crippen LogP contribution in [0.5, 0.6) is 0 Å². The molecule has 0 radical (unpaired) electrons. The number of pyridine rings is 1. The Bertz CT molecular complexity index is 347. The van der Waals surface area contributed by atoms with Crippen LogP contribution in [0.15, 0.2) is 22.9 Å². The maximum Gasteiger partial charge on any atom is 0.252 e. The molecule has 1 amide bonds. The molecular formula is C11H15BrN2OS. The molecule has 0 unspecified atom stereocenters. The Labute approximate surface area is 109 Å².